The van der Waals surface area contributed by atoms with Crippen molar-refractivity contribution in [1.82, 2.24) is 0 Å². The van der Waals surface area contributed by atoms with E-state index in [0.29, 0.717) is 16.6 Å². The largest absolute Gasteiger partial charge is 0.295 e. The van der Waals surface area contributed by atoms with Crippen LogP contribution < -0.4 is 0 Å². The lowest BCUT2D eigenvalue weighted by Crippen LogP contribution is -2.08. The predicted molar refractivity (Wildman–Crippen MR) is 71.4 cm³/mol. The standard InChI is InChI=1S/C13H22O2S/c1-10(2)9-16(14,15)13-7-5-12(6-8-13)11(3)4/h5-8,10-11,14-15H,9H2,1-4H3. The predicted octanol–water partition coefficient (Wildman–Crippen LogP) is 4.58. The quantitative estimate of drug-likeness (QED) is 0.811. The summed E-state index contributed by atoms with van der Waals surface area (Å²) in [5.41, 5.74) is 1.23. The van der Waals surface area contributed by atoms with Crippen LogP contribution in [-0.2, 0) is 0 Å². The number of hydrogen-bond acceptors (Lipinski definition) is 2. The Balaban J connectivity index is 2.88. The highest BCUT2D eigenvalue weighted by Gasteiger charge is 2.17. The molecule has 92 valence electrons. The molecule has 0 fully saturated rings. The van der Waals surface area contributed by atoms with Crippen molar-refractivity contribution in [3.8, 4) is 0 Å². The molecule has 16 heavy (non-hydrogen) atoms. The van der Waals surface area contributed by atoms with Crippen LogP contribution in [0.4, 0.5) is 0 Å². The summed E-state index contributed by atoms with van der Waals surface area (Å²) in [6.07, 6.45) is 0. The Morgan fingerprint density at radius 3 is 1.88 bits per heavy atom. The Morgan fingerprint density at radius 1 is 1.00 bits per heavy atom. The summed E-state index contributed by atoms with van der Waals surface area (Å²) < 4.78 is 20.0. The van der Waals surface area contributed by atoms with Crippen LogP contribution in [0.1, 0.15) is 39.2 Å². The molecular weight excluding hydrogens is 220 g/mol. The molecule has 0 radical (unpaired) electrons. The third kappa shape index (κ3) is 3.51. The molecule has 0 heterocycles. The molecule has 0 aliphatic carbocycles. The highest BCUT2D eigenvalue weighted by atomic mass is 32.3. The van der Waals surface area contributed by atoms with E-state index < -0.39 is 10.6 Å². The molecule has 0 bridgehead atoms. The molecule has 0 saturated heterocycles. The maximum Gasteiger partial charge on any atom is 0.0584 e. The summed E-state index contributed by atoms with van der Waals surface area (Å²) in [6.45, 7) is 8.25. The van der Waals surface area contributed by atoms with Crippen molar-refractivity contribution >= 4 is 10.6 Å². The van der Waals surface area contributed by atoms with Gasteiger partial charge in [-0.3, -0.25) is 9.11 Å². The zero-order chi connectivity index (χ0) is 12.3. The van der Waals surface area contributed by atoms with Crippen molar-refractivity contribution < 1.29 is 9.11 Å². The summed E-state index contributed by atoms with van der Waals surface area (Å²) in [6, 6.07) is 7.64. The lowest BCUT2D eigenvalue weighted by molar-refractivity contribution is 0.476. The molecule has 0 atom stereocenters. The number of hydrogen-bond donors (Lipinski definition) is 2. The Hall–Kier alpha value is -0.510. The molecule has 3 heteroatoms. The van der Waals surface area contributed by atoms with Gasteiger partial charge in [0.1, 0.15) is 0 Å². The molecule has 2 nitrogen and oxygen atoms in total. The Bertz CT molecular complexity index is 328. The first kappa shape index (κ1) is 13.6. The van der Waals surface area contributed by atoms with Gasteiger partial charge in [0.2, 0.25) is 0 Å². The highest BCUT2D eigenvalue weighted by molar-refractivity contribution is 8.24. The van der Waals surface area contributed by atoms with Crippen LogP contribution in [0.25, 0.3) is 0 Å². The van der Waals surface area contributed by atoms with Crippen LogP contribution in [0.2, 0.25) is 0 Å². The minimum atomic E-state index is -2.60. The van der Waals surface area contributed by atoms with Gasteiger partial charge in [-0.25, -0.2) is 0 Å². The monoisotopic (exact) mass is 242 g/mol. The van der Waals surface area contributed by atoms with E-state index in [4.69, 9.17) is 0 Å². The third-order valence-electron chi connectivity index (χ3n) is 2.49. The van der Waals surface area contributed by atoms with Crippen LogP contribution >= 0.6 is 10.6 Å². The molecule has 0 unspecified atom stereocenters. The van der Waals surface area contributed by atoms with Crippen molar-refractivity contribution in [2.24, 2.45) is 5.92 Å². The molecule has 1 aromatic carbocycles. The van der Waals surface area contributed by atoms with Crippen molar-refractivity contribution in [3.05, 3.63) is 29.8 Å². The van der Waals surface area contributed by atoms with Crippen LogP contribution in [0.3, 0.4) is 0 Å². The van der Waals surface area contributed by atoms with E-state index in [1.165, 1.54) is 5.56 Å². The van der Waals surface area contributed by atoms with Crippen LogP contribution in [0.15, 0.2) is 29.2 Å². The van der Waals surface area contributed by atoms with E-state index in [1.54, 1.807) is 0 Å². The molecule has 0 saturated carbocycles. The molecule has 1 aromatic rings. The fraction of sp³-hybridized carbons (Fsp3) is 0.538. The normalized spacial score (nSPS) is 13.5. The second-order valence-corrected chi connectivity index (χ2v) is 7.09. The summed E-state index contributed by atoms with van der Waals surface area (Å²) in [7, 11) is -2.60. The fourth-order valence-electron chi connectivity index (χ4n) is 1.63. The van der Waals surface area contributed by atoms with Gasteiger partial charge in [-0.05, 0) is 29.5 Å². The van der Waals surface area contributed by atoms with E-state index in [2.05, 4.69) is 13.8 Å². The Labute approximate surface area is 100 Å². The summed E-state index contributed by atoms with van der Waals surface area (Å²) in [4.78, 5) is 0.658. The van der Waals surface area contributed by atoms with Gasteiger partial charge in [-0.2, -0.15) is 10.6 Å². The molecule has 0 amide bonds. The van der Waals surface area contributed by atoms with Crippen LogP contribution in [0, 0.1) is 5.92 Å². The average Bonchev–Trinajstić information content (AvgIpc) is 2.16. The summed E-state index contributed by atoms with van der Waals surface area (Å²) in [5.74, 6) is 1.20. The first-order chi connectivity index (χ1) is 7.33. The lowest BCUT2D eigenvalue weighted by Gasteiger charge is -2.34. The van der Waals surface area contributed by atoms with E-state index in [9.17, 15) is 9.11 Å². The molecule has 1 rings (SSSR count). The number of benzene rings is 1. The molecule has 0 aromatic heterocycles. The molecular formula is C13H22O2S. The summed E-state index contributed by atoms with van der Waals surface area (Å²) in [5, 5.41) is 0. The maximum absolute atomic E-state index is 10.0. The van der Waals surface area contributed by atoms with Gasteiger partial charge >= 0.3 is 0 Å². The van der Waals surface area contributed by atoms with Crippen LogP contribution in [0.5, 0.6) is 0 Å². The minimum absolute atomic E-state index is 0.287. The van der Waals surface area contributed by atoms with Gasteiger partial charge in [0.25, 0.3) is 0 Å². The van der Waals surface area contributed by atoms with Gasteiger partial charge in [0.05, 0.1) is 4.90 Å². The van der Waals surface area contributed by atoms with Gasteiger partial charge in [0.15, 0.2) is 0 Å². The zero-order valence-corrected chi connectivity index (χ0v) is 11.3. The topological polar surface area (TPSA) is 40.5 Å². The van der Waals surface area contributed by atoms with Gasteiger partial charge in [0, 0.05) is 5.75 Å². The Kier molecular flexibility index (Phi) is 4.42. The SMILES string of the molecule is CC(C)CS(O)(O)c1ccc(C(C)C)cc1. The second-order valence-electron chi connectivity index (χ2n) is 4.95. The fourth-order valence-corrected chi connectivity index (χ4v) is 3.33. The Morgan fingerprint density at radius 2 is 1.50 bits per heavy atom. The van der Waals surface area contributed by atoms with Gasteiger partial charge in [-0.15, -0.1) is 0 Å². The van der Waals surface area contributed by atoms with E-state index in [1.807, 2.05) is 38.1 Å². The maximum atomic E-state index is 10.0. The average molecular weight is 242 g/mol. The lowest BCUT2D eigenvalue weighted by atomic mass is 10.0. The molecule has 0 aliphatic heterocycles. The van der Waals surface area contributed by atoms with Crippen molar-refractivity contribution in [3.63, 3.8) is 0 Å². The minimum Gasteiger partial charge on any atom is -0.295 e. The van der Waals surface area contributed by atoms with Crippen molar-refractivity contribution in [2.75, 3.05) is 5.75 Å². The van der Waals surface area contributed by atoms with E-state index in [0.717, 1.165) is 0 Å². The van der Waals surface area contributed by atoms with E-state index in [-0.39, 0.29) is 5.92 Å². The smallest absolute Gasteiger partial charge is 0.0584 e. The second kappa shape index (κ2) is 5.21. The van der Waals surface area contributed by atoms with Gasteiger partial charge in [-0.1, -0.05) is 39.8 Å². The zero-order valence-electron chi connectivity index (χ0n) is 10.5. The number of rotatable bonds is 4. The summed E-state index contributed by atoms with van der Waals surface area (Å²) >= 11 is 0. The molecule has 0 aliphatic rings. The van der Waals surface area contributed by atoms with Crippen molar-refractivity contribution in [2.45, 2.75) is 38.5 Å². The first-order valence-corrected chi connectivity index (χ1v) is 7.40. The molecule has 0 spiro atoms. The highest BCUT2D eigenvalue weighted by Crippen LogP contribution is 2.49. The third-order valence-corrected chi connectivity index (χ3v) is 4.65. The van der Waals surface area contributed by atoms with Crippen LogP contribution in [-0.4, -0.2) is 14.9 Å². The first-order valence-electron chi connectivity index (χ1n) is 5.69. The molecule has 2 N–H and O–H groups in total. The van der Waals surface area contributed by atoms with E-state index >= 15 is 0 Å². The van der Waals surface area contributed by atoms with Gasteiger partial charge < -0.3 is 0 Å². The van der Waals surface area contributed by atoms with Crippen molar-refractivity contribution in [1.29, 1.82) is 0 Å².